The number of urea groups is 1. The van der Waals surface area contributed by atoms with Gasteiger partial charge in [-0.05, 0) is 18.9 Å². The molecule has 0 unspecified atom stereocenters. The Kier molecular flexibility index (Phi) is 3.87. The van der Waals surface area contributed by atoms with Crippen LogP contribution < -0.4 is 4.90 Å². The molecular weight excluding hydrogens is 280 g/mol. The highest BCUT2D eigenvalue weighted by atomic mass is 16.2. The predicted molar refractivity (Wildman–Crippen MR) is 85.1 cm³/mol. The molecule has 7 heteroatoms. The Morgan fingerprint density at radius 3 is 2.64 bits per heavy atom. The quantitative estimate of drug-likeness (QED) is 0.839. The number of carbonyl (C=O) groups excluding carboxylic acids is 1. The van der Waals surface area contributed by atoms with Gasteiger partial charge < -0.3 is 14.7 Å². The van der Waals surface area contributed by atoms with E-state index in [2.05, 4.69) is 15.0 Å². The van der Waals surface area contributed by atoms with Crippen LogP contribution in [0.1, 0.15) is 12.8 Å². The fourth-order valence-electron chi connectivity index (χ4n) is 2.93. The number of carbonyl (C=O) groups is 1. The Morgan fingerprint density at radius 1 is 1.23 bits per heavy atom. The number of hydrogen-bond acceptors (Lipinski definition) is 4. The number of nitrogens with zero attached hydrogens (tertiary/aromatic N) is 6. The van der Waals surface area contributed by atoms with Crippen molar-refractivity contribution in [3.05, 3.63) is 24.5 Å². The lowest BCUT2D eigenvalue weighted by molar-refractivity contribution is 0.155. The van der Waals surface area contributed by atoms with E-state index in [0.29, 0.717) is 6.04 Å². The van der Waals surface area contributed by atoms with E-state index < -0.39 is 0 Å². The first-order valence-electron chi connectivity index (χ1n) is 7.55. The van der Waals surface area contributed by atoms with E-state index in [1.54, 1.807) is 29.7 Å². The zero-order valence-corrected chi connectivity index (χ0v) is 13.3. The highest BCUT2D eigenvalue weighted by Crippen LogP contribution is 2.21. The lowest BCUT2D eigenvalue weighted by atomic mass is 10.0. The second-order valence-electron chi connectivity index (χ2n) is 5.93. The van der Waals surface area contributed by atoms with Crippen molar-refractivity contribution in [1.29, 1.82) is 0 Å². The number of amides is 2. The van der Waals surface area contributed by atoms with Crippen LogP contribution in [0.25, 0.3) is 5.65 Å². The molecule has 0 aromatic carbocycles. The van der Waals surface area contributed by atoms with Crippen LogP contribution in [0.5, 0.6) is 0 Å². The third kappa shape index (κ3) is 2.70. The number of rotatable bonds is 2. The molecule has 1 aliphatic heterocycles. The Morgan fingerprint density at radius 2 is 1.95 bits per heavy atom. The molecule has 22 heavy (non-hydrogen) atoms. The van der Waals surface area contributed by atoms with Crippen LogP contribution in [0.15, 0.2) is 24.5 Å². The Bertz CT molecular complexity index is 659. The van der Waals surface area contributed by atoms with Gasteiger partial charge in [-0.2, -0.15) is 5.10 Å². The summed E-state index contributed by atoms with van der Waals surface area (Å²) in [5.41, 5.74) is 0.861. The molecule has 1 aliphatic rings. The van der Waals surface area contributed by atoms with Crippen molar-refractivity contribution in [3.8, 4) is 0 Å². The van der Waals surface area contributed by atoms with Crippen LogP contribution in [-0.4, -0.2) is 70.7 Å². The summed E-state index contributed by atoms with van der Waals surface area (Å²) in [6.07, 6.45) is 5.61. The van der Waals surface area contributed by atoms with Crippen molar-refractivity contribution >= 4 is 17.5 Å². The first-order valence-corrected chi connectivity index (χ1v) is 7.55. The van der Waals surface area contributed by atoms with Gasteiger partial charge in [0, 0.05) is 52.5 Å². The van der Waals surface area contributed by atoms with Crippen molar-refractivity contribution in [2.45, 2.75) is 18.9 Å². The summed E-state index contributed by atoms with van der Waals surface area (Å²) >= 11 is 0. The van der Waals surface area contributed by atoms with Gasteiger partial charge in [0.25, 0.3) is 0 Å². The number of hydrogen-bond donors (Lipinski definition) is 0. The summed E-state index contributed by atoms with van der Waals surface area (Å²) in [5.74, 6) is 0.980. The molecular formula is C15H22N6O. The Labute approximate surface area is 130 Å². The Hall–Kier alpha value is -2.31. The van der Waals surface area contributed by atoms with Gasteiger partial charge in [-0.1, -0.05) is 0 Å². The summed E-state index contributed by atoms with van der Waals surface area (Å²) < 4.78 is 1.76. The standard InChI is InChI=1S/C15H22N6O/c1-18(2)15(22)19(3)12-5-9-20(10-6-12)13-7-11-21-14(17-13)4-8-16-21/h4,7-8,11-12H,5-6,9-10H2,1-3H3. The third-order valence-corrected chi connectivity index (χ3v) is 4.26. The summed E-state index contributed by atoms with van der Waals surface area (Å²) in [6, 6.07) is 4.26. The van der Waals surface area contributed by atoms with E-state index in [9.17, 15) is 4.79 Å². The average molecular weight is 302 g/mol. The molecule has 0 atom stereocenters. The van der Waals surface area contributed by atoms with Crippen molar-refractivity contribution in [2.24, 2.45) is 0 Å². The minimum Gasteiger partial charge on any atom is -0.356 e. The van der Waals surface area contributed by atoms with Gasteiger partial charge in [-0.15, -0.1) is 0 Å². The normalized spacial score (nSPS) is 16.0. The van der Waals surface area contributed by atoms with Crippen LogP contribution in [0.4, 0.5) is 10.6 Å². The number of aromatic nitrogens is 3. The monoisotopic (exact) mass is 302 g/mol. The van der Waals surface area contributed by atoms with Gasteiger partial charge in [0.15, 0.2) is 5.65 Å². The summed E-state index contributed by atoms with van der Waals surface area (Å²) in [5, 5.41) is 4.16. The SMILES string of the molecule is CN(C)C(=O)N(C)C1CCN(c2ccn3nccc3n2)CC1. The molecule has 0 N–H and O–H groups in total. The lowest BCUT2D eigenvalue weighted by Crippen LogP contribution is -2.48. The Balaban J connectivity index is 1.65. The fraction of sp³-hybridized carbons (Fsp3) is 0.533. The van der Waals surface area contributed by atoms with Gasteiger partial charge >= 0.3 is 6.03 Å². The smallest absolute Gasteiger partial charge is 0.319 e. The number of anilines is 1. The zero-order chi connectivity index (χ0) is 15.7. The van der Waals surface area contributed by atoms with E-state index in [-0.39, 0.29) is 6.03 Å². The highest BCUT2D eigenvalue weighted by Gasteiger charge is 2.26. The lowest BCUT2D eigenvalue weighted by Gasteiger charge is -2.38. The molecule has 2 amide bonds. The molecule has 118 valence electrons. The molecule has 1 saturated heterocycles. The molecule has 0 saturated carbocycles. The molecule has 0 aliphatic carbocycles. The van der Waals surface area contributed by atoms with Crippen LogP contribution in [0.2, 0.25) is 0 Å². The van der Waals surface area contributed by atoms with Crippen LogP contribution in [0, 0.1) is 0 Å². The van der Waals surface area contributed by atoms with Gasteiger partial charge in [-0.25, -0.2) is 14.3 Å². The first kappa shape index (κ1) is 14.6. The maximum atomic E-state index is 12.0. The first-order chi connectivity index (χ1) is 10.6. The minimum atomic E-state index is 0.0669. The van der Waals surface area contributed by atoms with Gasteiger partial charge in [-0.3, -0.25) is 0 Å². The van der Waals surface area contributed by atoms with Crippen LogP contribution in [-0.2, 0) is 0 Å². The second kappa shape index (κ2) is 5.82. The van der Waals surface area contributed by atoms with Crippen LogP contribution in [0.3, 0.4) is 0 Å². The highest BCUT2D eigenvalue weighted by molar-refractivity contribution is 5.73. The molecule has 3 rings (SSSR count). The molecule has 3 heterocycles. The summed E-state index contributed by atoms with van der Waals surface area (Å²) in [6.45, 7) is 1.82. The van der Waals surface area contributed by atoms with Crippen molar-refractivity contribution in [2.75, 3.05) is 39.1 Å². The zero-order valence-electron chi connectivity index (χ0n) is 13.3. The third-order valence-electron chi connectivity index (χ3n) is 4.26. The van der Waals surface area contributed by atoms with Crippen molar-refractivity contribution in [3.63, 3.8) is 0 Å². The van der Waals surface area contributed by atoms with Gasteiger partial charge in [0.2, 0.25) is 0 Å². The number of piperidine rings is 1. The number of fused-ring (bicyclic) bond motifs is 1. The topological polar surface area (TPSA) is 57.0 Å². The van der Waals surface area contributed by atoms with E-state index in [4.69, 9.17) is 0 Å². The predicted octanol–water partition coefficient (Wildman–Crippen LogP) is 1.31. The molecule has 0 spiro atoms. The molecule has 1 fully saturated rings. The van der Waals surface area contributed by atoms with E-state index >= 15 is 0 Å². The van der Waals surface area contributed by atoms with E-state index in [1.807, 2.05) is 30.3 Å². The maximum Gasteiger partial charge on any atom is 0.319 e. The van der Waals surface area contributed by atoms with Gasteiger partial charge in [0.1, 0.15) is 5.82 Å². The average Bonchev–Trinajstić information content (AvgIpc) is 3.01. The molecule has 0 radical (unpaired) electrons. The van der Waals surface area contributed by atoms with Crippen molar-refractivity contribution in [1.82, 2.24) is 24.4 Å². The second-order valence-corrected chi connectivity index (χ2v) is 5.93. The van der Waals surface area contributed by atoms with E-state index in [0.717, 1.165) is 37.4 Å². The molecule has 7 nitrogen and oxygen atoms in total. The molecule has 0 bridgehead atoms. The summed E-state index contributed by atoms with van der Waals surface area (Å²) in [7, 11) is 5.47. The van der Waals surface area contributed by atoms with Gasteiger partial charge in [0.05, 0.1) is 6.20 Å². The van der Waals surface area contributed by atoms with E-state index in [1.165, 1.54) is 0 Å². The van der Waals surface area contributed by atoms with Crippen molar-refractivity contribution < 1.29 is 4.79 Å². The summed E-state index contributed by atoms with van der Waals surface area (Å²) in [4.78, 5) is 22.4. The maximum absolute atomic E-state index is 12.0. The van der Waals surface area contributed by atoms with Crippen LogP contribution >= 0.6 is 0 Å². The minimum absolute atomic E-state index is 0.0669. The molecule has 2 aromatic rings. The molecule has 2 aromatic heterocycles. The largest absolute Gasteiger partial charge is 0.356 e. The fourth-order valence-corrected chi connectivity index (χ4v) is 2.93.